The van der Waals surface area contributed by atoms with Crippen LogP contribution in [0.4, 0.5) is 10.1 Å². The van der Waals surface area contributed by atoms with E-state index in [4.69, 9.17) is 12.2 Å². The highest BCUT2D eigenvalue weighted by molar-refractivity contribution is 9.10. The van der Waals surface area contributed by atoms with E-state index in [9.17, 15) is 9.18 Å². The highest BCUT2D eigenvalue weighted by Crippen LogP contribution is 2.21. The molecule has 1 aromatic heterocycles. The molecule has 0 fully saturated rings. The summed E-state index contributed by atoms with van der Waals surface area (Å²) in [6.45, 7) is 1.90. The molecule has 0 aliphatic rings. The topological polar surface area (TPSA) is 62.7 Å². The predicted octanol–water partition coefficient (Wildman–Crippen LogP) is 4.46. The Morgan fingerprint density at radius 2 is 2.16 bits per heavy atom. The third-order valence-electron chi connectivity index (χ3n) is 3.54. The first-order valence-corrected chi connectivity index (χ1v) is 8.61. The molecule has 0 saturated carbocycles. The number of amides is 1. The second kappa shape index (κ2) is 7.28. The number of rotatable bonds is 4. The van der Waals surface area contributed by atoms with Gasteiger partial charge in [-0.25, -0.2) is 4.39 Å². The van der Waals surface area contributed by atoms with Gasteiger partial charge in [0.15, 0.2) is 10.6 Å². The number of hydrogen-bond acceptors (Lipinski definition) is 3. The second-order valence-corrected chi connectivity index (χ2v) is 6.78. The summed E-state index contributed by atoms with van der Waals surface area (Å²) < 4.78 is 16.4. The van der Waals surface area contributed by atoms with Gasteiger partial charge in [-0.1, -0.05) is 39.7 Å². The van der Waals surface area contributed by atoms with E-state index in [0.717, 1.165) is 11.1 Å². The summed E-state index contributed by atoms with van der Waals surface area (Å²) in [4.78, 5) is 12.3. The van der Waals surface area contributed by atoms with E-state index in [0.29, 0.717) is 15.1 Å². The summed E-state index contributed by atoms with van der Waals surface area (Å²) in [5.74, 6) is -0.356. The number of benzene rings is 2. The highest BCUT2D eigenvalue weighted by atomic mass is 79.9. The van der Waals surface area contributed by atoms with Gasteiger partial charge >= 0.3 is 0 Å². The summed E-state index contributed by atoms with van der Waals surface area (Å²) >= 11 is 8.40. The quantitative estimate of drug-likeness (QED) is 0.612. The number of nitrogens with zero attached hydrogens (tertiary/aromatic N) is 2. The third kappa shape index (κ3) is 4.02. The molecule has 0 spiro atoms. The SMILES string of the molecule is Cc1cccc(-c2n[nH]c(=S)n2CC(=O)Nc2ccc(Br)cc2F)c1. The van der Waals surface area contributed by atoms with Crippen molar-refractivity contribution in [2.75, 3.05) is 5.32 Å². The van der Waals surface area contributed by atoms with E-state index in [2.05, 4.69) is 31.4 Å². The summed E-state index contributed by atoms with van der Waals surface area (Å²) in [5.41, 5.74) is 2.02. The van der Waals surface area contributed by atoms with Crippen molar-refractivity contribution in [3.8, 4) is 11.4 Å². The third-order valence-corrected chi connectivity index (χ3v) is 4.35. The van der Waals surface area contributed by atoms with Gasteiger partial charge in [-0.05, 0) is 43.4 Å². The fraction of sp³-hybridized carbons (Fsp3) is 0.118. The Kier molecular flexibility index (Phi) is 5.10. The first-order valence-electron chi connectivity index (χ1n) is 7.41. The number of halogens is 2. The molecule has 8 heteroatoms. The van der Waals surface area contributed by atoms with Crippen molar-refractivity contribution in [2.24, 2.45) is 0 Å². The fourth-order valence-electron chi connectivity index (χ4n) is 2.39. The zero-order valence-corrected chi connectivity index (χ0v) is 15.6. The Bertz CT molecular complexity index is 998. The van der Waals surface area contributed by atoms with Crippen LogP contribution < -0.4 is 5.32 Å². The van der Waals surface area contributed by atoms with Crippen LogP contribution in [0, 0.1) is 17.5 Å². The molecule has 3 aromatic rings. The lowest BCUT2D eigenvalue weighted by atomic mass is 10.1. The molecule has 2 N–H and O–H groups in total. The molecule has 25 heavy (non-hydrogen) atoms. The highest BCUT2D eigenvalue weighted by Gasteiger charge is 2.14. The number of H-pyrrole nitrogens is 1. The molecule has 1 heterocycles. The lowest BCUT2D eigenvalue weighted by Crippen LogP contribution is -2.20. The summed E-state index contributed by atoms with van der Waals surface area (Å²) in [7, 11) is 0. The van der Waals surface area contributed by atoms with Crippen LogP contribution in [-0.2, 0) is 11.3 Å². The lowest BCUT2D eigenvalue weighted by molar-refractivity contribution is -0.116. The first-order chi connectivity index (χ1) is 11.9. The fourth-order valence-corrected chi connectivity index (χ4v) is 2.92. The molecular weight excluding hydrogens is 407 g/mol. The Balaban J connectivity index is 1.84. The molecule has 128 valence electrons. The van der Waals surface area contributed by atoms with E-state index in [1.165, 1.54) is 12.1 Å². The molecule has 0 aliphatic carbocycles. The van der Waals surface area contributed by atoms with E-state index in [1.807, 2.05) is 31.2 Å². The van der Waals surface area contributed by atoms with Crippen molar-refractivity contribution < 1.29 is 9.18 Å². The largest absolute Gasteiger partial charge is 0.322 e. The second-order valence-electron chi connectivity index (χ2n) is 5.48. The Morgan fingerprint density at radius 3 is 2.88 bits per heavy atom. The standard InChI is InChI=1S/C17H14BrFN4OS/c1-10-3-2-4-11(7-10)16-21-22-17(25)23(16)9-15(24)20-14-6-5-12(18)8-13(14)19/h2-8H,9H2,1H3,(H,20,24)(H,22,25). The molecule has 0 atom stereocenters. The number of aromatic amines is 1. The minimum absolute atomic E-state index is 0.0753. The van der Waals surface area contributed by atoms with Gasteiger partial charge in [0.1, 0.15) is 12.4 Å². The van der Waals surface area contributed by atoms with Crippen molar-refractivity contribution in [3.63, 3.8) is 0 Å². The van der Waals surface area contributed by atoms with Crippen LogP contribution in [0.15, 0.2) is 46.9 Å². The maximum absolute atomic E-state index is 13.9. The number of carbonyl (C=O) groups excluding carboxylic acids is 1. The van der Waals surface area contributed by atoms with Gasteiger partial charge in [0.05, 0.1) is 5.69 Å². The molecule has 0 radical (unpaired) electrons. The van der Waals surface area contributed by atoms with Gasteiger partial charge in [0.2, 0.25) is 5.91 Å². The number of hydrogen-bond donors (Lipinski definition) is 2. The number of anilines is 1. The van der Waals surface area contributed by atoms with Crippen LogP contribution >= 0.6 is 28.1 Å². The minimum Gasteiger partial charge on any atom is -0.322 e. The minimum atomic E-state index is -0.516. The van der Waals surface area contributed by atoms with Crippen LogP contribution in [0.5, 0.6) is 0 Å². The molecule has 0 aliphatic heterocycles. The molecule has 0 unspecified atom stereocenters. The van der Waals surface area contributed by atoms with Gasteiger partial charge in [0.25, 0.3) is 0 Å². The molecule has 3 rings (SSSR count). The number of nitrogens with one attached hydrogen (secondary N) is 2. The van der Waals surface area contributed by atoms with Crippen LogP contribution in [0.2, 0.25) is 0 Å². The number of aromatic nitrogens is 3. The van der Waals surface area contributed by atoms with Gasteiger partial charge < -0.3 is 5.32 Å². The molecule has 0 bridgehead atoms. The molecular formula is C17H14BrFN4OS. The molecule has 0 saturated heterocycles. The zero-order chi connectivity index (χ0) is 18.0. The van der Waals surface area contributed by atoms with E-state index in [1.54, 1.807) is 10.6 Å². The normalized spacial score (nSPS) is 10.7. The molecule has 2 aromatic carbocycles. The van der Waals surface area contributed by atoms with E-state index >= 15 is 0 Å². The van der Waals surface area contributed by atoms with Gasteiger partial charge in [0, 0.05) is 10.0 Å². The molecule has 1 amide bonds. The van der Waals surface area contributed by atoms with Crippen molar-refractivity contribution in [3.05, 3.63) is 63.1 Å². The maximum Gasteiger partial charge on any atom is 0.244 e. The van der Waals surface area contributed by atoms with Crippen LogP contribution in [0.25, 0.3) is 11.4 Å². The smallest absolute Gasteiger partial charge is 0.244 e. The van der Waals surface area contributed by atoms with Crippen molar-refractivity contribution in [1.29, 1.82) is 0 Å². The van der Waals surface area contributed by atoms with Crippen molar-refractivity contribution in [2.45, 2.75) is 13.5 Å². The zero-order valence-electron chi connectivity index (χ0n) is 13.2. The monoisotopic (exact) mass is 420 g/mol. The van der Waals surface area contributed by atoms with Gasteiger partial charge in [-0.2, -0.15) is 5.10 Å². The lowest BCUT2D eigenvalue weighted by Gasteiger charge is -2.09. The summed E-state index contributed by atoms with van der Waals surface area (Å²) in [5, 5.41) is 9.45. The first kappa shape index (κ1) is 17.5. The average molecular weight is 421 g/mol. The summed E-state index contributed by atoms with van der Waals surface area (Å²) in [6, 6.07) is 12.2. The van der Waals surface area contributed by atoms with E-state index in [-0.39, 0.29) is 12.2 Å². The van der Waals surface area contributed by atoms with Crippen molar-refractivity contribution >= 4 is 39.7 Å². The van der Waals surface area contributed by atoms with Crippen LogP contribution in [0.3, 0.4) is 0 Å². The Labute approximate surface area is 157 Å². The van der Waals surface area contributed by atoms with Gasteiger partial charge in [-0.15, -0.1) is 0 Å². The maximum atomic E-state index is 13.9. The predicted molar refractivity (Wildman–Crippen MR) is 100 cm³/mol. The van der Waals surface area contributed by atoms with E-state index < -0.39 is 11.7 Å². The Hall–Kier alpha value is -2.32. The van der Waals surface area contributed by atoms with Gasteiger partial charge in [-0.3, -0.25) is 14.5 Å². The van der Waals surface area contributed by atoms with Crippen LogP contribution in [-0.4, -0.2) is 20.7 Å². The number of carbonyl (C=O) groups is 1. The molecule has 5 nitrogen and oxygen atoms in total. The van der Waals surface area contributed by atoms with Crippen LogP contribution in [0.1, 0.15) is 5.56 Å². The average Bonchev–Trinajstić information content (AvgIpc) is 2.91. The van der Waals surface area contributed by atoms with Crippen molar-refractivity contribution in [1.82, 2.24) is 14.8 Å². The number of aryl methyl sites for hydroxylation is 1. The summed E-state index contributed by atoms with van der Waals surface area (Å²) in [6.07, 6.45) is 0. The Morgan fingerprint density at radius 1 is 1.36 bits per heavy atom.